The fourth-order valence-electron chi connectivity index (χ4n) is 3.17. The maximum atomic E-state index is 12.5. The normalized spacial score (nSPS) is 28.9. The van der Waals surface area contributed by atoms with Crippen LogP contribution in [0.5, 0.6) is 0 Å². The molecule has 0 spiro atoms. The first-order chi connectivity index (χ1) is 7.52. The molecule has 0 radical (unpaired) electrons. The SMILES string of the molecule is C[C@H]1CCCC(C)(C)[C@@H]1C(=O)c1ccsc1. The van der Waals surface area contributed by atoms with Crippen LogP contribution >= 0.6 is 11.3 Å². The van der Waals surface area contributed by atoms with E-state index in [-0.39, 0.29) is 11.3 Å². The zero-order valence-electron chi connectivity index (χ0n) is 10.3. The van der Waals surface area contributed by atoms with Crippen LogP contribution in [0, 0.1) is 17.3 Å². The predicted octanol–water partition coefficient (Wildman–Crippen LogP) is 4.39. The molecule has 1 aromatic heterocycles. The highest BCUT2D eigenvalue weighted by molar-refractivity contribution is 7.08. The fraction of sp³-hybridized carbons (Fsp3) is 0.643. The van der Waals surface area contributed by atoms with Gasteiger partial charge in [-0.15, -0.1) is 0 Å². The Bertz CT molecular complexity index is 364. The standard InChI is InChI=1S/C14H20OS/c1-10-5-4-7-14(2,3)12(10)13(15)11-6-8-16-9-11/h6,8-10,12H,4-5,7H2,1-3H3/t10-,12-/m0/s1. The van der Waals surface area contributed by atoms with E-state index in [9.17, 15) is 4.79 Å². The Kier molecular flexibility index (Phi) is 3.20. The molecule has 88 valence electrons. The van der Waals surface area contributed by atoms with Crippen molar-refractivity contribution in [2.75, 3.05) is 0 Å². The van der Waals surface area contributed by atoms with Crippen molar-refractivity contribution in [3.63, 3.8) is 0 Å². The van der Waals surface area contributed by atoms with E-state index in [1.807, 2.05) is 16.8 Å². The van der Waals surface area contributed by atoms with Crippen molar-refractivity contribution in [1.29, 1.82) is 0 Å². The van der Waals surface area contributed by atoms with Gasteiger partial charge in [-0.25, -0.2) is 0 Å². The van der Waals surface area contributed by atoms with E-state index in [2.05, 4.69) is 20.8 Å². The molecule has 0 bridgehead atoms. The second kappa shape index (κ2) is 4.33. The predicted molar refractivity (Wildman–Crippen MR) is 68.9 cm³/mol. The zero-order valence-corrected chi connectivity index (χ0v) is 11.1. The second-order valence-electron chi connectivity index (χ2n) is 5.71. The average Bonchev–Trinajstić information content (AvgIpc) is 2.68. The van der Waals surface area contributed by atoms with Gasteiger partial charge in [0.05, 0.1) is 0 Å². The molecule has 1 nitrogen and oxygen atoms in total. The molecule has 16 heavy (non-hydrogen) atoms. The molecule has 0 aromatic carbocycles. The molecule has 1 saturated carbocycles. The largest absolute Gasteiger partial charge is 0.294 e. The van der Waals surface area contributed by atoms with E-state index in [0.717, 1.165) is 5.56 Å². The van der Waals surface area contributed by atoms with Gasteiger partial charge >= 0.3 is 0 Å². The van der Waals surface area contributed by atoms with Crippen LogP contribution in [0.3, 0.4) is 0 Å². The summed E-state index contributed by atoms with van der Waals surface area (Å²) in [6.45, 7) is 6.73. The molecule has 2 rings (SSSR count). The Balaban J connectivity index is 2.26. The minimum atomic E-state index is 0.163. The number of carbonyl (C=O) groups excluding carboxylic acids is 1. The number of carbonyl (C=O) groups is 1. The lowest BCUT2D eigenvalue weighted by Gasteiger charge is -2.41. The lowest BCUT2D eigenvalue weighted by atomic mass is 9.62. The molecule has 0 aliphatic heterocycles. The van der Waals surface area contributed by atoms with E-state index in [4.69, 9.17) is 0 Å². The van der Waals surface area contributed by atoms with Gasteiger partial charge in [-0.1, -0.05) is 27.2 Å². The molecule has 2 atom stereocenters. The van der Waals surface area contributed by atoms with E-state index in [1.54, 1.807) is 11.3 Å². The molecule has 1 heterocycles. The molecular formula is C14H20OS. The summed E-state index contributed by atoms with van der Waals surface area (Å²) in [7, 11) is 0. The Morgan fingerprint density at radius 2 is 2.25 bits per heavy atom. The molecule has 0 unspecified atom stereocenters. The van der Waals surface area contributed by atoms with E-state index in [0.29, 0.717) is 11.7 Å². The smallest absolute Gasteiger partial charge is 0.167 e. The first-order valence-electron chi connectivity index (χ1n) is 6.09. The van der Waals surface area contributed by atoms with Crippen LogP contribution in [-0.2, 0) is 0 Å². The van der Waals surface area contributed by atoms with Crippen LogP contribution in [-0.4, -0.2) is 5.78 Å². The van der Waals surface area contributed by atoms with Gasteiger partial charge in [0.2, 0.25) is 0 Å². The first-order valence-corrected chi connectivity index (χ1v) is 7.03. The summed E-state index contributed by atoms with van der Waals surface area (Å²) in [5.41, 5.74) is 1.08. The third kappa shape index (κ3) is 2.08. The Morgan fingerprint density at radius 1 is 1.50 bits per heavy atom. The third-order valence-electron chi connectivity index (χ3n) is 3.98. The van der Waals surface area contributed by atoms with Crippen LogP contribution in [0.1, 0.15) is 50.4 Å². The van der Waals surface area contributed by atoms with Gasteiger partial charge in [0, 0.05) is 16.9 Å². The van der Waals surface area contributed by atoms with Gasteiger partial charge in [0.1, 0.15) is 0 Å². The molecular weight excluding hydrogens is 216 g/mol. The molecule has 0 saturated heterocycles. The minimum absolute atomic E-state index is 0.163. The van der Waals surface area contributed by atoms with E-state index < -0.39 is 0 Å². The van der Waals surface area contributed by atoms with Crippen LogP contribution in [0.2, 0.25) is 0 Å². The molecule has 1 aliphatic carbocycles. The van der Waals surface area contributed by atoms with Crippen molar-refractivity contribution in [1.82, 2.24) is 0 Å². The highest BCUT2D eigenvalue weighted by atomic mass is 32.1. The molecule has 1 fully saturated rings. The van der Waals surface area contributed by atoms with Crippen molar-refractivity contribution < 1.29 is 4.79 Å². The van der Waals surface area contributed by atoms with Crippen molar-refractivity contribution >= 4 is 17.1 Å². The monoisotopic (exact) mass is 236 g/mol. The summed E-state index contributed by atoms with van der Waals surface area (Å²) < 4.78 is 0. The Hall–Kier alpha value is -0.630. The summed E-state index contributed by atoms with van der Waals surface area (Å²) in [4.78, 5) is 12.5. The van der Waals surface area contributed by atoms with Gasteiger partial charge in [-0.2, -0.15) is 11.3 Å². The number of rotatable bonds is 2. The molecule has 0 amide bonds. The van der Waals surface area contributed by atoms with E-state index >= 15 is 0 Å². The topological polar surface area (TPSA) is 17.1 Å². The van der Waals surface area contributed by atoms with Gasteiger partial charge in [-0.3, -0.25) is 4.79 Å². The van der Waals surface area contributed by atoms with Gasteiger partial charge in [-0.05, 0) is 35.6 Å². The zero-order chi connectivity index (χ0) is 11.8. The summed E-state index contributed by atoms with van der Waals surface area (Å²) >= 11 is 1.61. The van der Waals surface area contributed by atoms with Gasteiger partial charge in [0.25, 0.3) is 0 Å². The molecule has 1 aliphatic rings. The lowest BCUT2D eigenvalue weighted by molar-refractivity contribution is 0.0540. The van der Waals surface area contributed by atoms with E-state index in [1.165, 1.54) is 19.3 Å². The maximum absolute atomic E-state index is 12.5. The van der Waals surface area contributed by atoms with Gasteiger partial charge < -0.3 is 0 Å². The number of Topliss-reactive ketones (excluding diaryl/α,β-unsaturated/α-hetero) is 1. The fourth-order valence-corrected chi connectivity index (χ4v) is 3.81. The maximum Gasteiger partial charge on any atom is 0.167 e. The quantitative estimate of drug-likeness (QED) is 0.696. The number of hydrogen-bond donors (Lipinski definition) is 0. The van der Waals surface area contributed by atoms with Crippen molar-refractivity contribution in [2.45, 2.75) is 40.0 Å². The number of thiophene rings is 1. The average molecular weight is 236 g/mol. The third-order valence-corrected chi connectivity index (χ3v) is 4.66. The second-order valence-corrected chi connectivity index (χ2v) is 6.49. The summed E-state index contributed by atoms with van der Waals surface area (Å²) in [5.74, 6) is 1.09. The van der Waals surface area contributed by atoms with Gasteiger partial charge in [0.15, 0.2) is 5.78 Å². The van der Waals surface area contributed by atoms with Crippen LogP contribution in [0.15, 0.2) is 16.8 Å². The minimum Gasteiger partial charge on any atom is -0.294 e. The molecule has 1 aromatic rings. The summed E-state index contributed by atoms with van der Waals surface area (Å²) in [5, 5.41) is 3.98. The summed E-state index contributed by atoms with van der Waals surface area (Å²) in [6, 6.07) is 1.96. The first kappa shape index (κ1) is 11.8. The number of hydrogen-bond acceptors (Lipinski definition) is 2. The Labute approximate surface area is 102 Å². The van der Waals surface area contributed by atoms with Crippen LogP contribution < -0.4 is 0 Å². The van der Waals surface area contributed by atoms with Crippen molar-refractivity contribution in [3.05, 3.63) is 22.4 Å². The highest BCUT2D eigenvalue weighted by Crippen LogP contribution is 2.45. The van der Waals surface area contributed by atoms with Crippen molar-refractivity contribution in [2.24, 2.45) is 17.3 Å². The van der Waals surface area contributed by atoms with Crippen LogP contribution in [0.25, 0.3) is 0 Å². The number of ketones is 1. The highest BCUT2D eigenvalue weighted by Gasteiger charge is 2.41. The molecule has 2 heteroatoms. The van der Waals surface area contributed by atoms with Crippen LogP contribution in [0.4, 0.5) is 0 Å². The Morgan fingerprint density at radius 3 is 2.81 bits per heavy atom. The van der Waals surface area contributed by atoms with Crippen molar-refractivity contribution in [3.8, 4) is 0 Å². The molecule has 0 N–H and O–H groups in total. The lowest BCUT2D eigenvalue weighted by Crippen LogP contribution is -2.39. The summed E-state index contributed by atoms with van der Waals surface area (Å²) in [6.07, 6.45) is 3.64.